The molecule has 1 aromatic rings. The third kappa shape index (κ3) is 3.82. The van der Waals surface area contributed by atoms with E-state index in [1.807, 2.05) is 12.1 Å². The van der Waals surface area contributed by atoms with Gasteiger partial charge in [0.25, 0.3) is 0 Å². The fourth-order valence-corrected chi connectivity index (χ4v) is 2.63. The highest BCUT2D eigenvalue weighted by Gasteiger charge is 2.20. The zero-order chi connectivity index (χ0) is 15.9. The summed E-state index contributed by atoms with van der Waals surface area (Å²) in [6, 6.07) is 3.60. The molecular formula is C16H24N2O4. The summed E-state index contributed by atoms with van der Waals surface area (Å²) in [5, 5.41) is 6.19. The van der Waals surface area contributed by atoms with Crippen LogP contribution in [0, 0.1) is 0 Å². The molecule has 1 heterocycles. The van der Waals surface area contributed by atoms with Gasteiger partial charge in [-0.3, -0.25) is 4.79 Å². The highest BCUT2D eigenvalue weighted by molar-refractivity contribution is 5.81. The molecule has 2 N–H and O–H groups in total. The number of ether oxygens (including phenoxy) is 3. The molecule has 22 heavy (non-hydrogen) atoms. The Morgan fingerprint density at radius 1 is 1.18 bits per heavy atom. The van der Waals surface area contributed by atoms with E-state index in [4.69, 9.17) is 14.2 Å². The maximum absolute atomic E-state index is 12.1. The molecular weight excluding hydrogens is 284 g/mol. The van der Waals surface area contributed by atoms with Crippen LogP contribution in [0.2, 0.25) is 0 Å². The first-order valence-electron chi connectivity index (χ1n) is 7.49. The lowest BCUT2D eigenvalue weighted by molar-refractivity contribution is -0.123. The zero-order valence-electron chi connectivity index (χ0n) is 13.4. The van der Waals surface area contributed by atoms with Gasteiger partial charge in [-0.25, -0.2) is 0 Å². The minimum absolute atomic E-state index is 0.0356. The van der Waals surface area contributed by atoms with E-state index in [1.165, 1.54) is 0 Å². The van der Waals surface area contributed by atoms with Crippen LogP contribution in [0.25, 0.3) is 0 Å². The van der Waals surface area contributed by atoms with Crippen molar-refractivity contribution in [1.29, 1.82) is 0 Å². The molecule has 0 radical (unpaired) electrons. The number of amides is 1. The SMILES string of the molecule is COc1cc(CNC(=O)C2CCCCN2)cc(OC)c1OC. The largest absolute Gasteiger partial charge is 0.493 e. The third-order valence-corrected chi connectivity index (χ3v) is 3.82. The molecule has 1 unspecified atom stereocenters. The summed E-state index contributed by atoms with van der Waals surface area (Å²) in [5.74, 6) is 1.76. The summed E-state index contributed by atoms with van der Waals surface area (Å²) < 4.78 is 15.9. The van der Waals surface area contributed by atoms with Gasteiger partial charge >= 0.3 is 0 Å². The van der Waals surface area contributed by atoms with Gasteiger partial charge in [0.15, 0.2) is 11.5 Å². The summed E-state index contributed by atoms with van der Waals surface area (Å²) in [5.41, 5.74) is 0.902. The van der Waals surface area contributed by atoms with Crippen LogP contribution in [0.15, 0.2) is 12.1 Å². The molecule has 0 spiro atoms. The van der Waals surface area contributed by atoms with Crippen molar-refractivity contribution in [3.63, 3.8) is 0 Å². The topological polar surface area (TPSA) is 68.8 Å². The Morgan fingerprint density at radius 2 is 1.86 bits per heavy atom. The van der Waals surface area contributed by atoms with Crippen LogP contribution in [-0.4, -0.2) is 39.8 Å². The molecule has 6 nitrogen and oxygen atoms in total. The Morgan fingerprint density at radius 3 is 2.36 bits per heavy atom. The number of carbonyl (C=O) groups excluding carboxylic acids is 1. The van der Waals surface area contributed by atoms with E-state index in [2.05, 4.69) is 10.6 Å². The van der Waals surface area contributed by atoms with E-state index < -0.39 is 0 Å². The molecule has 1 aromatic carbocycles. The van der Waals surface area contributed by atoms with Crippen LogP contribution < -0.4 is 24.8 Å². The van der Waals surface area contributed by atoms with Crippen molar-refractivity contribution in [3.05, 3.63) is 17.7 Å². The first-order valence-corrected chi connectivity index (χ1v) is 7.49. The van der Waals surface area contributed by atoms with Gasteiger partial charge in [0.2, 0.25) is 11.7 Å². The quantitative estimate of drug-likeness (QED) is 0.833. The van der Waals surface area contributed by atoms with Crippen LogP contribution in [-0.2, 0) is 11.3 Å². The first-order chi connectivity index (χ1) is 10.7. The van der Waals surface area contributed by atoms with Crippen molar-refractivity contribution < 1.29 is 19.0 Å². The van der Waals surface area contributed by atoms with Crippen LogP contribution in [0.1, 0.15) is 24.8 Å². The van der Waals surface area contributed by atoms with Crippen molar-refractivity contribution in [2.24, 2.45) is 0 Å². The van der Waals surface area contributed by atoms with Gasteiger partial charge in [-0.15, -0.1) is 0 Å². The van der Waals surface area contributed by atoms with E-state index in [1.54, 1.807) is 21.3 Å². The van der Waals surface area contributed by atoms with Crippen molar-refractivity contribution in [1.82, 2.24) is 10.6 Å². The molecule has 1 atom stereocenters. The van der Waals surface area contributed by atoms with Gasteiger partial charge in [-0.2, -0.15) is 0 Å². The molecule has 1 amide bonds. The monoisotopic (exact) mass is 308 g/mol. The lowest BCUT2D eigenvalue weighted by Crippen LogP contribution is -2.46. The van der Waals surface area contributed by atoms with Crippen molar-refractivity contribution in [3.8, 4) is 17.2 Å². The van der Waals surface area contributed by atoms with E-state index in [0.29, 0.717) is 23.8 Å². The highest BCUT2D eigenvalue weighted by atomic mass is 16.5. The zero-order valence-corrected chi connectivity index (χ0v) is 13.4. The van der Waals surface area contributed by atoms with Crippen LogP contribution in [0.3, 0.4) is 0 Å². The normalized spacial score (nSPS) is 17.7. The van der Waals surface area contributed by atoms with Crippen molar-refractivity contribution >= 4 is 5.91 Å². The minimum Gasteiger partial charge on any atom is -0.493 e. The second kappa shape index (κ2) is 7.89. The highest BCUT2D eigenvalue weighted by Crippen LogP contribution is 2.38. The molecule has 1 saturated heterocycles. The lowest BCUT2D eigenvalue weighted by Gasteiger charge is -2.22. The van der Waals surface area contributed by atoms with Crippen LogP contribution >= 0.6 is 0 Å². The lowest BCUT2D eigenvalue weighted by atomic mass is 10.0. The number of piperidine rings is 1. The molecule has 1 aliphatic heterocycles. The first kappa shape index (κ1) is 16.4. The maximum atomic E-state index is 12.1. The molecule has 0 bridgehead atoms. The number of hydrogen-bond donors (Lipinski definition) is 2. The molecule has 0 aliphatic carbocycles. The van der Waals surface area contributed by atoms with Gasteiger partial charge in [0.05, 0.1) is 27.4 Å². The number of nitrogens with one attached hydrogen (secondary N) is 2. The third-order valence-electron chi connectivity index (χ3n) is 3.82. The van der Waals surface area contributed by atoms with Crippen LogP contribution in [0.4, 0.5) is 0 Å². The van der Waals surface area contributed by atoms with Crippen molar-refractivity contribution in [2.45, 2.75) is 31.8 Å². The second-order valence-electron chi connectivity index (χ2n) is 5.25. The predicted molar refractivity (Wildman–Crippen MR) is 83.6 cm³/mol. The summed E-state index contributed by atoms with van der Waals surface area (Å²) in [4.78, 5) is 12.1. The van der Waals surface area contributed by atoms with Gasteiger partial charge in [-0.05, 0) is 37.1 Å². The van der Waals surface area contributed by atoms with Gasteiger partial charge in [-0.1, -0.05) is 6.42 Å². The molecule has 122 valence electrons. The van der Waals surface area contributed by atoms with Crippen molar-refractivity contribution in [2.75, 3.05) is 27.9 Å². The Kier molecular flexibility index (Phi) is 5.89. The van der Waals surface area contributed by atoms with E-state index >= 15 is 0 Å². The average Bonchev–Trinajstić information content (AvgIpc) is 2.59. The number of carbonyl (C=O) groups is 1. The molecule has 0 aromatic heterocycles. The Labute approximate surface area is 131 Å². The molecule has 0 saturated carbocycles. The van der Waals surface area contributed by atoms with Gasteiger partial charge in [0, 0.05) is 6.54 Å². The minimum atomic E-state index is -0.0872. The number of hydrogen-bond acceptors (Lipinski definition) is 5. The Hall–Kier alpha value is -1.95. The smallest absolute Gasteiger partial charge is 0.237 e. The fourth-order valence-electron chi connectivity index (χ4n) is 2.63. The Bertz CT molecular complexity index is 488. The standard InChI is InChI=1S/C16H24N2O4/c1-20-13-8-11(9-14(21-2)15(13)22-3)10-18-16(19)12-6-4-5-7-17-12/h8-9,12,17H,4-7,10H2,1-3H3,(H,18,19). The summed E-state index contributed by atoms with van der Waals surface area (Å²) in [7, 11) is 4.72. The van der Waals surface area contributed by atoms with Crippen LogP contribution in [0.5, 0.6) is 17.2 Å². The molecule has 6 heteroatoms. The maximum Gasteiger partial charge on any atom is 0.237 e. The molecule has 2 rings (SSSR count). The Balaban J connectivity index is 2.04. The summed E-state index contributed by atoms with van der Waals surface area (Å²) in [6.45, 7) is 1.33. The number of benzene rings is 1. The number of methoxy groups -OCH3 is 3. The van der Waals surface area contributed by atoms with E-state index in [0.717, 1.165) is 31.4 Å². The fraction of sp³-hybridized carbons (Fsp3) is 0.562. The summed E-state index contributed by atoms with van der Waals surface area (Å²) >= 11 is 0. The number of rotatable bonds is 6. The van der Waals surface area contributed by atoms with E-state index in [9.17, 15) is 4.79 Å². The molecule has 1 fully saturated rings. The molecule has 1 aliphatic rings. The second-order valence-corrected chi connectivity index (χ2v) is 5.25. The predicted octanol–water partition coefficient (Wildman–Crippen LogP) is 1.47. The van der Waals surface area contributed by atoms with Gasteiger partial charge < -0.3 is 24.8 Å². The summed E-state index contributed by atoms with van der Waals surface area (Å²) in [6.07, 6.45) is 3.12. The average molecular weight is 308 g/mol. The van der Waals surface area contributed by atoms with Gasteiger partial charge in [0.1, 0.15) is 0 Å². The van der Waals surface area contributed by atoms with E-state index in [-0.39, 0.29) is 11.9 Å².